The summed E-state index contributed by atoms with van der Waals surface area (Å²) in [5, 5.41) is 0. The fourth-order valence-electron chi connectivity index (χ4n) is 2.08. The molecule has 0 aliphatic heterocycles. The fourth-order valence-corrected chi connectivity index (χ4v) is 2.84. The highest BCUT2D eigenvalue weighted by Gasteiger charge is 2.12. The third kappa shape index (κ3) is 4.98. The normalized spacial score (nSPS) is 11.8. The molecule has 1 aromatic carbocycles. The lowest BCUT2D eigenvalue weighted by Gasteiger charge is -2.16. The molecular weight excluding hydrogens is 262 g/mol. The zero-order valence-corrected chi connectivity index (χ0v) is 13.8. The second kappa shape index (κ2) is 6.91. The first-order valence-corrected chi connectivity index (χ1v) is 11.0. The largest absolute Gasteiger partial charge is 0.361 e. The maximum Gasteiger partial charge on any atom is 0.122 e. The van der Waals surface area contributed by atoms with Crippen LogP contribution in [0.15, 0.2) is 48.7 Å². The molecule has 3 heteroatoms. The van der Waals surface area contributed by atoms with Crippen LogP contribution in [-0.2, 0) is 17.9 Å². The Bertz CT molecular complexity index is 513. The van der Waals surface area contributed by atoms with Crippen molar-refractivity contribution >= 4 is 8.07 Å². The van der Waals surface area contributed by atoms with Gasteiger partial charge in [-0.2, -0.15) is 0 Å². The Morgan fingerprint density at radius 1 is 1.00 bits per heavy atom. The molecule has 0 aliphatic rings. The van der Waals surface area contributed by atoms with E-state index in [1.165, 1.54) is 17.3 Å². The van der Waals surface area contributed by atoms with E-state index in [1.807, 2.05) is 0 Å². The lowest BCUT2D eigenvalue weighted by molar-refractivity contribution is 0.0858. The van der Waals surface area contributed by atoms with E-state index in [0.29, 0.717) is 6.73 Å². The third-order valence-electron chi connectivity index (χ3n) is 3.38. The summed E-state index contributed by atoms with van der Waals surface area (Å²) in [5.41, 5.74) is 2.65. The van der Waals surface area contributed by atoms with Crippen LogP contribution < -0.4 is 0 Å². The number of hydrogen-bond acceptors (Lipinski definition) is 1. The number of rotatable bonds is 7. The van der Waals surface area contributed by atoms with Gasteiger partial charge in [-0.3, -0.25) is 0 Å². The van der Waals surface area contributed by atoms with Crippen molar-refractivity contribution in [1.82, 2.24) is 4.57 Å². The van der Waals surface area contributed by atoms with E-state index in [9.17, 15) is 0 Å². The molecule has 2 nitrogen and oxygen atoms in total. The summed E-state index contributed by atoms with van der Waals surface area (Å²) >= 11 is 0. The van der Waals surface area contributed by atoms with E-state index in [4.69, 9.17) is 4.74 Å². The van der Waals surface area contributed by atoms with Gasteiger partial charge in [0.05, 0.1) is 0 Å². The Balaban J connectivity index is 1.86. The number of ether oxygens (including phenoxy) is 1. The van der Waals surface area contributed by atoms with Crippen molar-refractivity contribution in [2.45, 2.75) is 38.8 Å². The van der Waals surface area contributed by atoms with Crippen LogP contribution in [0.4, 0.5) is 0 Å². The third-order valence-corrected chi connectivity index (χ3v) is 5.08. The molecule has 0 radical (unpaired) electrons. The molecule has 20 heavy (non-hydrogen) atoms. The zero-order valence-electron chi connectivity index (χ0n) is 12.8. The molecule has 0 N–H and O–H groups in total. The van der Waals surface area contributed by atoms with Crippen molar-refractivity contribution in [3.63, 3.8) is 0 Å². The highest BCUT2D eigenvalue weighted by Crippen LogP contribution is 2.12. The number of hydrogen-bond donors (Lipinski definition) is 0. The van der Waals surface area contributed by atoms with Crippen LogP contribution in [0.25, 0.3) is 0 Å². The van der Waals surface area contributed by atoms with Crippen LogP contribution in [0.3, 0.4) is 0 Å². The molecule has 0 amide bonds. The van der Waals surface area contributed by atoms with Crippen molar-refractivity contribution < 1.29 is 4.74 Å². The van der Waals surface area contributed by atoms with E-state index in [1.54, 1.807) is 0 Å². The van der Waals surface area contributed by atoms with Gasteiger partial charge in [-0.05, 0) is 23.7 Å². The van der Waals surface area contributed by atoms with Crippen LogP contribution in [0.2, 0.25) is 25.7 Å². The summed E-state index contributed by atoms with van der Waals surface area (Å²) in [6.07, 6.45) is 3.07. The van der Waals surface area contributed by atoms with Crippen molar-refractivity contribution in [3.05, 3.63) is 59.9 Å². The average Bonchev–Trinajstić information content (AvgIpc) is 2.82. The van der Waals surface area contributed by atoms with E-state index in [2.05, 4.69) is 72.9 Å². The molecule has 0 saturated heterocycles. The zero-order chi connectivity index (χ0) is 14.4. The average molecular weight is 287 g/mol. The van der Waals surface area contributed by atoms with Gasteiger partial charge in [0.25, 0.3) is 0 Å². The molecule has 0 unspecified atom stereocenters. The molecule has 1 aromatic heterocycles. The Kier molecular flexibility index (Phi) is 5.21. The van der Waals surface area contributed by atoms with E-state index in [-0.39, 0.29) is 0 Å². The van der Waals surface area contributed by atoms with Crippen molar-refractivity contribution in [1.29, 1.82) is 0 Å². The summed E-state index contributed by atoms with van der Waals surface area (Å²) in [4.78, 5) is 0. The topological polar surface area (TPSA) is 14.2 Å². The molecule has 0 spiro atoms. The smallest absolute Gasteiger partial charge is 0.122 e. The fraction of sp³-hybridized carbons (Fsp3) is 0.412. The van der Waals surface area contributed by atoms with E-state index < -0.39 is 8.07 Å². The van der Waals surface area contributed by atoms with Gasteiger partial charge >= 0.3 is 0 Å². The molecule has 108 valence electrons. The van der Waals surface area contributed by atoms with Gasteiger partial charge in [-0.15, -0.1) is 0 Å². The number of benzene rings is 1. The minimum atomic E-state index is -0.988. The lowest BCUT2D eigenvalue weighted by Crippen LogP contribution is -2.22. The Labute approximate surface area is 123 Å². The molecule has 2 rings (SSSR count). The van der Waals surface area contributed by atoms with Crippen LogP contribution in [0.5, 0.6) is 0 Å². The molecule has 1 heterocycles. The SMILES string of the molecule is C[Si](C)(C)CCOCn1cccc1Cc1ccccc1. The van der Waals surface area contributed by atoms with Crippen LogP contribution in [-0.4, -0.2) is 19.2 Å². The molecular formula is C17H25NOSi. The second-order valence-corrected chi connectivity index (χ2v) is 12.1. The van der Waals surface area contributed by atoms with Crippen LogP contribution in [0.1, 0.15) is 11.3 Å². The predicted molar refractivity (Wildman–Crippen MR) is 87.8 cm³/mol. The molecule has 0 saturated carbocycles. The summed E-state index contributed by atoms with van der Waals surface area (Å²) in [5.74, 6) is 0. The Hall–Kier alpha value is -1.32. The van der Waals surface area contributed by atoms with Gasteiger partial charge in [-0.25, -0.2) is 0 Å². The quantitative estimate of drug-likeness (QED) is 0.544. The predicted octanol–water partition coefficient (Wildman–Crippen LogP) is 4.39. The summed E-state index contributed by atoms with van der Waals surface area (Å²) in [6.45, 7) is 8.69. The molecule has 2 aromatic rings. The van der Waals surface area contributed by atoms with Crippen molar-refractivity contribution in [3.8, 4) is 0 Å². The van der Waals surface area contributed by atoms with E-state index in [0.717, 1.165) is 13.0 Å². The second-order valence-electron chi connectivity index (χ2n) is 6.48. The summed E-state index contributed by atoms with van der Waals surface area (Å²) in [6, 6.07) is 16.1. The first kappa shape index (κ1) is 15.1. The van der Waals surface area contributed by atoms with Gasteiger partial charge in [0.1, 0.15) is 6.73 Å². The Morgan fingerprint density at radius 3 is 2.45 bits per heavy atom. The highest BCUT2D eigenvalue weighted by molar-refractivity contribution is 6.76. The summed E-state index contributed by atoms with van der Waals surface area (Å²) < 4.78 is 8.04. The Morgan fingerprint density at radius 2 is 1.75 bits per heavy atom. The van der Waals surface area contributed by atoms with E-state index >= 15 is 0 Å². The van der Waals surface area contributed by atoms with Gasteiger partial charge in [-0.1, -0.05) is 50.0 Å². The molecule has 0 aliphatic carbocycles. The monoisotopic (exact) mass is 287 g/mol. The van der Waals surface area contributed by atoms with Crippen molar-refractivity contribution in [2.24, 2.45) is 0 Å². The van der Waals surface area contributed by atoms with Gasteiger partial charge in [0.2, 0.25) is 0 Å². The minimum Gasteiger partial charge on any atom is -0.361 e. The number of aromatic nitrogens is 1. The molecule has 0 fully saturated rings. The maximum absolute atomic E-state index is 5.83. The number of nitrogens with zero attached hydrogens (tertiary/aromatic N) is 1. The minimum absolute atomic E-state index is 0.666. The van der Waals surface area contributed by atoms with Crippen molar-refractivity contribution in [2.75, 3.05) is 6.61 Å². The van der Waals surface area contributed by atoms with Crippen LogP contribution in [0, 0.1) is 0 Å². The maximum atomic E-state index is 5.83. The van der Waals surface area contributed by atoms with Gasteiger partial charge < -0.3 is 9.30 Å². The van der Waals surface area contributed by atoms with Crippen LogP contribution >= 0.6 is 0 Å². The van der Waals surface area contributed by atoms with Gasteiger partial charge in [0.15, 0.2) is 0 Å². The molecule has 0 atom stereocenters. The highest BCUT2D eigenvalue weighted by atomic mass is 28.3. The lowest BCUT2D eigenvalue weighted by atomic mass is 10.1. The summed E-state index contributed by atoms with van der Waals surface area (Å²) in [7, 11) is -0.988. The first-order valence-electron chi connectivity index (χ1n) is 7.30. The molecule has 0 bridgehead atoms. The first-order chi connectivity index (χ1) is 9.54. The van der Waals surface area contributed by atoms with Gasteiger partial charge in [0, 0.05) is 33.0 Å². The standard InChI is InChI=1S/C17H25NOSi/c1-20(2,3)13-12-19-15-18-11-7-10-17(18)14-16-8-5-4-6-9-16/h4-11H,12-15H2,1-3H3.